The Morgan fingerprint density at radius 1 is 1.12 bits per heavy atom. The molecule has 0 heterocycles. The number of hydrogen-bond acceptors (Lipinski definition) is 0. The maximum absolute atomic E-state index is 6.35. The second-order valence-corrected chi connectivity index (χ2v) is 6.20. The van der Waals surface area contributed by atoms with Crippen LogP contribution in [0, 0.1) is 17.3 Å². The van der Waals surface area contributed by atoms with Gasteiger partial charge in [-0.25, -0.2) is 0 Å². The van der Waals surface area contributed by atoms with Gasteiger partial charge in [-0.15, -0.1) is 0 Å². The van der Waals surface area contributed by atoms with Gasteiger partial charge in [-0.3, -0.25) is 0 Å². The van der Waals surface area contributed by atoms with Crippen LogP contribution in [0.2, 0.25) is 5.82 Å². The zero-order chi connectivity index (χ0) is 11.3. The van der Waals surface area contributed by atoms with Gasteiger partial charge in [0.15, 0.2) is 0 Å². The molecule has 0 saturated heterocycles. The average molecular weight is 210 g/mol. The van der Waals surface area contributed by atoms with E-state index in [1.807, 2.05) is 0 Å². The van der Waals surface area contributed by atoms with Gasteiger partial charge in [0, 0.05) is 0 Å². The molecule has 0 unspecified atom stereocenters. The normalized spacial score (nSPS) is 40.1. The molecule has 0 aliphatic heterocycles. The molecule has 1 heteroatoms. The molecular weight excluding hydrogens is 191 g/mol. The molecule has 16 heavy (non-hydrogen) atoms. The summed E-state index contributed by atoms with van der Waals surface area (Å²) in [5.74, 6) is 2.62. The molecule has 0 aromatic heterocycles. The summed E-state index contributed by atoms with van der Waals surface area (Å²) in [6, 6.07) is 10.9. The summed E-state index contributed by atoms with van der Waals surface area (Å²) in [6.07, 6.45) is 2.60. The van der Waals surface area contributed by atoms with Gasteiger partial charge in [0.25, 0.3) is 0 Å². The van der Waals surface area contributed by atoms with Gasteiger partial charge in [0.05, 0.1) is 7.85 Å². The molecule has 0 N–H and O–H groups in total. The molecule has 1 aromatic carbocycles. The Balaban J connectivity index is 1.94. The standard InChI is InChI=1S/C15H19B/c1-15(2)11-8-12(15)14(13(16)9-11)10-6-4-3-5-7-10/h3-7,11-14H,8-9H2,1-2H3/t11-,12+,13+,14+/m1/s1. The SMILES string of the molecule is [B][C@H]1C[C@H]2C[C@@H]([C@@H]1c1ccccc1)C2(C)C. The fraction of sp³-hybridized carbons (Fsp3) is 0.600. The first-order valence-electron chi connectivity index (χ1n) is 6.41. The zero-order valence-corrected chi connectivity index (χ0v) is 10.2. The molecule has 3 fully saturated rings. The van der Waals surface area contributed by atoms with Gasteiger partial charge < -0.3 is 0 Å². The van der Waals surface area contributed by atoms with E-state index in [0.717, 1.165) is 11.8 Å². The summed E-state index contributed by atoms with van der Waals surface area (Å²) >= 11 is 0. The van der Waals surface area contributed by atoms with Crippen molar-refractivity contribution in [2.75, 3.05) is 0 Å². The van der Waals surface area contributed by atoms with Crippen LogP contribution in [0.25, 0.3) is 0 Å². The maximum atomic E-state index is 6.35. The first kappa shape index (κ1) is 10.4. The fourth-order valence-corrected chi connectivity index (χ4v) is 3.99. The summed E-state index contributed by atoms with van der Waals surface area (Å²) in [4.78, 5) is 0. The number of benzene rings is 1. The molecule has 2 radical (unpaired) electrons. The van der Waals surface area contributed by atoms with E-state index in [4.69, 9.17) is 7.85 Å². The zero-order valence-electron chi connectivity index (χ0n) is 10.2. The lowest BCUT2D eigenvalue weighted by molar-refractivity contribution is -0.0797. The molecule has 4 atom stereocenters. The highest BCUT2D eigenvalue weighted by molar-refractivity contribution is 6.12. The van der Waals surface area contributed by atoms with Gasteiger partial charge in [0.1, 0.15) is 0 Å². The highest BCUT2D eigenvalue weighted by Crippen LogP contribution is 2.66. The Morgan fingerprint density at radius 2 is 1.81 bits per heavy atom. The Labute approximate surface area is 99.9 Å². The lowest BCUT2D eigenvalue weighted by Crippen LogP contribution is -2.53. The predicted molar refractivity (Wildman–Crippen MR) is 68.7 cm³/mol. The fourth-order valence-electron chi connectivity index (χ4n) is 3.99. The smallest absolute Gasteiger partial charge is 0.0701 e. The largest absolute Gasteiger partial charge is 0.0708 e. The summed E-state index contributed by atoms with van der Waals surface area (Å²) < 4.78 is 0. The molecule has 2 bridgehead atoms. The lowest BCUT2D eigenvalue weighted by Gasteiger charge is -2.62. The van der Waals surface area contributed by atoms with Crippen LogP contribution < -0.4 is 0 Å². The van der Waals surface area contributed by atoms with Crippen LogP contribution in [0.4, 0.5) is 0 Å². The van der Waals surface area contributed by atoms with Crippen molar-refractivity contribution in [1.29, 1.82) is 0 Å². The monoisotopic (exact) mass is 210 g/mol. The molecule has 0 amide bonds. The Morgan fingerprint density at radius 3 is 2.44 bits per heavy atom. The van der Waals surface area contributed by atoms with E-state index in [2.05, 4.69) is 44.2 Å². The summed E-state index contributed by atoms with van der Waals surface area (Å²) in [7, 11) is 6.35. The van der Waals surface area contributed by atoms with Crippen LogP contribution in [0.3, 0.4) is 0 Å². The summed E-state index contributed by atoms with van der Waals surface area (Å²) in [6.45, 7) is 4.85. The van der Waals surface area contributed by atoms with Crippen molar-refractivity contribution in [2.24, 2.45) is 17.3 Å². The van der Waals surface area contributed by atoms with Crippen LogP contribution in [0.5, 0.6) is 0 Å². The van der Waals surface area contributed by atoms with Crippen molar-refractivity contribution in [3.63, 3.8) is 0 Å². The number of hydrogen-bond donors (Lipinski definition) is 0. The third-order valence-corrected chi connectivity index (χ3v) is 5.18. The van der Waals surface area contributed by atoms with Crippen molar-refractivity contribution in [3.05, 3.63) is 35.9 Å². The highest BCUT2D eigenvalue weighted by Gasteiger charge is 2.56. The van der Waals surface area contributed by atoms with Gasteiger partial charge in [-0.2, -0.15) is 0 Å². The molecule has 3 aliphatic rings. The second-order valence-electron chi connectivity index (χ2n) is 6.20. The summed E-state index contributed by atoms with van der Waals surface area (Å²) in [5.41, 5.74) is 1.96. The molecule has 82 valence electrons. The molecule has 0 spiro atoms. The third kappa shape index (κ3) is 1.30. The minimum absolute atomic E-state index is 0.374. The van der Waals surface area contributed by atoms with Crippen LogP contribution in [0.1, 0.15) is 38.2 Å². The molecule has 3 aliphatic carbocycles. The highest BCUT2D eigenvalue weighted by atomic mass is 14.6. The van der Waals surface area contributed by atoms with Crippen molar-refractivity contribution in [2.45, 2.75) is 38.4 Å². The van der Waals surface area contributed by atoms with Crippen molar-refractivity contribution < 1.29 is 0 Å². The van der Waals surface area contributed by atoms with Crippen LogP contribution >= 0.6 is 0 Å². The van der Waals surface area contributed by atoms with E-state index in [-0.39, 0.29) is 0 Å². The molecule has 0 nitrogen and oxygen atoms in total. The molecular formula is C15H19B. The van der Waals surface area contributed by atoms with Crippen molar-refractivity contribution in [3.8, 4) is 0 Å². The minimum atomic E-state index is 0.374. The molecule has 3 saturated carbocycles. The second kappa shape index (κ2) is 3.39. The Hall–Kier alpha value is -0.715. The van der Waals surface area contributed by atoms with E-state index in [1.54, 1.807) is 0 Å². The van der Waals surface area contributed by atoms with Crippen LogP contribution in [0.15, 0.2) is 30.3 Å². The van der Waals surface area contributed by atoms with Gasteiger partial charge in [0.2, 0.25) is 0 Å². The van der Waals surface area contributed by atoms with Crippen LogP contribution in [-0.2, 0) is 0 Å². The molecule has 4 rings (SSSR count). The van der Waals surface area contributed by atoms with E-state index >= 15 is 0 Å². The number of rotatable bonds is 1. The average Bonchev–Trinajstić information content (AvgIpc) is 2.29. The molecule has 1 aromatic rings. The minimum Gasteiger partial charge on any atom is -0.0701 e. The lowest BCUT2D eigenvalue weighted by atomic mass is 9.40. The summed E-state index contributed by atoms with van der Waals surface area (Å²) in [5, 5.41) is 0. The van der Waals surface area contributed by atoms with Gasteiger partial charge >= 0.3 is 0 Å². The van der Waals surface area contributed by atoms with Crippen LogP contribution in [-0.4, -0.2) is 7.85 Å². The first-order chi connectivity index (χ1) is 7.60. The first-order valence-corrected chi connectivity index (χ1v) is 6.41. The Kier molecular flexibility index (Phi) is 2.21. The van der Waals surface area contributed by atoms with E-state index in [0.29, 0.717) is 17.2 Å². The maximum Gasteiger partial charge on any atom is 0.0708 e. The van der Waals surface area contributed by atoms with Gasteiger partial charge in [-0.05, 0) is 35.2 Å². The topological polar surface area (TPSA) is 0 Å². The van der Waals surface area contributed by atoms with E-state index in [9.17, 15) is 0 Å². The number of fused-ring (bicyclic) bond motifs is 2. The quantitative estimate of drug-likeness (QED) is 0.618. The third-order valence-electron chi connectivity index (χ3n) is 5.18. The Bertz CT molecular complexity index is 382. The van der Waals surface area contributed by atoms with Gasteiger partial charge in [-0.1, -0.05) is 56.4 Å². The van der Waals surface area contributed by atoms with E-state index in [1.165, 1.54) is 18.4 Å². The van der Waals surface area contributed by atoms with Crippen molar-refractivity contribution in [1.82, 2.24) is 0 Å². The van der Waals surface area contributed by atoms with E-state index < -0.39 is 0 Å². The predicted octanol–water partition coefficient (Wildman–Crippen LogP) is 3.79. The van der Waals surface area contributed by atoms with Crippen molar-refractivity contribution >= 4 is 7.85 Å².